The fraction of sp³-hybridized carbons (Fsp3) is 0.294. The number of nitrogens with one attached hydrogen (secondary N) is 2. The number of ether oxygens (including phenoxy) is 1. The van der Waals surface area contributed by atoms with Crippen LogP contribution in [0.15, 0.2) is 28.8 Å². The Balaban J connectivity index is 1.91. The van der Waals surface area contributed by atoms with Crippen molar-refractivity contribution >= 4 is 23.5 Å². The number of hydrogen-bond donors (Lipinski definition) is 2. The molecule has 8 nitrogen and oxygen atoms in total. The molecule has 0 fully saturated rings. The summed E-state index contributed by atoms with van der Waals surface area (Å²) in [6.45, 7) is 3.00. The van der Waals surface area contributed by atoms with Gasteiger partial charge in [-0.05, 0) is 37.6 Å². The monoisotopic (exact) mass is 345 g/mol. The van der Waals surface area contributed by atoms with Crippen molar-refractivity contribution in [1.82, 2.24) is 10.5 Å². The molecule has 0 aliphatic rings. The molecule has 2 aromatic rings. The highest BCUT2D eigenvalue weighted by molar-refractivity contribution is 5.97. The number of anilines is 1. The summed E-state index contributed by atoms with van der Waals surface area (Å²) in [5.74, 6) is -1.01. The lowest BCUT2D eigenvalue weighted by Gasteiger charge is -2.07. The van der Waals surface area contributed by atoms with Gasteiger partial charge in [-0.25, -0.2) is 4.79 Å². The number of aryl methyl sites for hydroxylation is 2. The summed E-state index contributed by atoms with van der Waals surface area (Å²) in [6.07, 6.45) is 0.519. The first-order valence-electron chi connectivity index (χ1n) is 7.70. The third kappa shape index (κ3) is 4.43. The molecular weight excluding hydrogens is 326 g/mol. The molecule has 25 heavy (non-hydrogen) atoms. The molecule has 0 aliphatic heterocycles. The zero-order valence-electron chi connectivity index (χ0n) is 14.2. The molecule has 2 amide bonds. The minimum Gasteiger partial charge on any atom is -0.452 e. The Morgan fingerprint density at radius 2 is 1.88 bits per heavy atom. The second kappa shape index (κ2) is 8.09. The molecule has 0 atom stereocenters. The first-order valence-corrected chi connectivity index (χ1v) is 7.70. The van der Waals surface area contributed by atoms with Crippen molar-refractivity contribution in [2.24, 2.45) is 0 Å². The van der Waals surface area contributed by atoms with E-state index < -0.39 is 18.5 Å². The highest BCUT2D eigenvalue weighted by atomic mass is 16.5. The van der Waals surface area contributed by atoms with E-state index in [1.165, 1.54) is 7.05 Å². The molecule has 0 saturated heterocycles. The van der Waals surface area contributed by atoms with Crippen molar-refractivity contribution in [3.05, 3.63) is 46.8 Å². The highest BCUT2D eigenvalue weighted by Crippen LogP contribution is 2.15. The van der Waals surface area contributed by atoms with E-state index in [4.69, 9.17) is 9.26 Å². The Morgan fingerprint density at radius 3 is 2.48 bits per heavy atom. The smallest absolute Gasteiger partial charge is 0.344 e. The van der Waals surface area contributed by atoms with Crippen LogP contribution in [0.4, 0.5) is 5.69 Å². The van der Waals surface area contributed by atoms with E-state index in [2.05, 4.69) is 15.8 Å². The maximum atomic E-state index is 12.1. The van der Waals surface area contributed by atoms with E-state index in [1.54, 1.807) is 31.2 Å². The van der Waals surface area contributed by atoms with E-state index in [0.29, 0.717) is 29.1 Å². The number of rotatable bonds is 6. The number of benzene rings is 1. The maximum Gasteiger partial charge on any atom is 0.344 e. The van der Waals surface area contributed by atoms with Crippen molar-refractivity contribution < 1.29 is 23.6 Å². The van der Waals surface area contributed by atoms with Gasteiger partial charge in [0.15, 0.2) is 6.61 Å². The molecule has 1 aromatic heterocycles. The molecular formula is C17H19N3O5. The van der Waals surface area contributed by atoms with Crippen LogP contribution in [0, 0.1) is 6.92 Å². The molecule has 0 bridgehead atoms. The van der Waals surface area contributed by atoms with Gasteiger partial charge in [-0.3, -0.25) is 9.59 Å². The fourth-order valence-electron chi connectivity index (χ4n) is 2.17. The zero-order chi connectivity index (χ0) is 18.4. The lowest BCUT2D eigenvalue weighted by Crippen LogP contribution is -2.22. The number of esters is 1. The molecule has 0 saturated carbocycles. The van der Waals surface area contributed by atoms with Gasteiger partial charge in [0.2, 0.25) is 0 Å². The predicted octanol–water partition coefficient (Wildman–Crippen LogP) is 1.70. The van der Waals surface area contributed by atoms with Gasteiger partial charge in [-0.2, -0.15) is 0 Å². The second-order valence-electron chi connectivity index (χ2n) is 5.19. The zero-order valence-corrected chi connectivity index (χ0v) is 14.2. The first kappa shape index (κ1) is 18.2. The average molecular weight is 345 g/mol. The standard InChI is InChI=1S/C17H19N3O5/c1-4-13-15(10(2)25-20-13)17(23)24-9-14(21)19-12-7-5-11(6-8-12)16(22)18-3/h5-8H,4,9H2,1-3H3,(H,18,22)(H,19,21). The summed E-state index contributed by atoms with van der Waals surface area (Å²) in [6, 6.07) is 6.33. The van der Waals surface area contributed by atoms with Crippen LogP contribution in [0.2, 0.25) is 0 Å². The Kier molecular flexibility index (Phi) is 5.89. The van der Waals surface area contributed by atoms with Gasteiger partial charge in [0, 0.05) is 18.3 Å². The molecule has 2 N–H and O–H groups in total. The number of carbonyl (C=O) groups is 3. The molecule has 0 aliphatic carbocycles. The van der Waals surface area contributed by atoms with Gasteiger partial charge in [-0.1, -0.05) is 12.1 Å². The summed E-state index contributed by atoms with van der Waals surface area (Å²) in [5, 5.41) is 8.86. The molecule has 2 rings (SSSR count). The van der Waals surface area contributed by atoms with Crippen LogP contribution in [0.1, 0.15) is 39.1 Å². The quantitative estimate of drug-likeness (QED) is 0.771. The number of amides is 2. The van der Waals surface area contributed by atoms with Crippen LogP contribution in [0.25, 0.3) is 0 Å². The highest BCUT2D eigenvalue weighted by Gasteiger charge is 2.21. The van der Waals surface area contributed by atoms with Gasteiger partial charge < -0.3 is 19.9 Å². The summed E-state index contributed by atoms with van der Waals surface area (Å²) in [7, 11) is 1.54. The predicted molar refractivity (Wildman–Crippen MR) is 89.4 cm³/mol. The van der Waals surface area contributed by atoms with Crippen LogP contribution in [-0.2, 0) is 16.0 Å². The minimum atomic E-state index is -0.652. The van der Waals surface area contributed by atoms with Crippen LogP contribution >= 0.6 is 0 Å². The Hall–Kier alpha value is -3.16. The first-order chi connectivity index (χ1) is 12.0. The molecule has 8 heteroatoms. The van der Waals surface area contributed by atoms with E-state index in [0.717, 1.165) is 0 Å². The second-order valence-corrected chi connectivity index (χ2v) is 5.19. The topological polar surface area (TPSA) is 111 Å². The minimum absolute atomic E-state index is 0.220. The van der Waals surface area contributed by atoms with E-state index in [9.17, 15) is 14.4 Å². The molecule has 1 heterocycles. The van der Waals surface area contributed by atoms with Crippen LogP contribution < -0.4 is 10.6 Å². The summed E-state index contributed by atoms with van der Waals surface area (Å²) in [5.41, 5.74) is 1.71. The lowest BCUT2D eigenvalue weighted by atomic mass is 10.1. The molecule has 132 valence electrons. The average Bonchev–Trinajstić information content (AvgIpc) is 3.00. The third-order valence-corrected chi connectivity index (χ3v) is 3.46. The molecule has 1 aromatic carbocycles. The number of nitrogens with zero attached hydrogens (tertiary/aromatic N) is 1. The summed E-state index contributed by atoms with van der Waals surface area (Å²) < 4.78 is 9.97. The summed E-state index contributed by atoms with van der Waals surface area (Å²) in [4.78, 5) is 35.4. The van der Waals surface area contributed by atoms with Crippen LogP contribution in [0.3, 0.4) is 0 Å². The van der Waals surface area contributed by atoms with Crippen molar-refractivity contribution in [3.8, 4) is 0 Å². The Bertz CT molecular complexity index is 780. The summed E-state index contributed by atoms with van der Waals surface area (Å²) >= 11 is 0. The van der Waals surface area contributed by atoms with Gasteiger partial charge in [-0.15, -0.1) is 0 Å². The van der Waals surface area contributed by atoms with Crippen LogP contribution in [-0.4, -0.2) is 36.6 Å². The van der Waals surface area contributed by atoms with Crippen molar-refractivity contribution in [3.63, 3.8) is 0 Å². The van der Waals surface area contributed by atoms with E-state index >= 15 is 0 Å². The molecule has 0 unspecified atom stereocenters. The van der Waals surface area contributed by atoms with Crippen molar-refractivity contribution in [2.45, 2.75) is 20.3 Å². The van der Waals surface area contributed by atoms with Gasteiger partial charge >= 0.3 is 5.97 Å². The molecule has 0 radical (unpaired) electrons. The van der Waals surface area contributed by atoms with Gasteiger partial charge in [0.05, 0.1) is 5.69 Å². The third-order valence-electron chi connectivity index (χ3n) is 3.46. The SMILES string of the molecule is CCc1noc(C)c1C(=O)OCC(=O)Nc1ccc(C(=O)NC)cc1. The van der Waals surface area contributed by atoms with Crippen molar-refractivity contribution in [1.29, 1.82) is 0 Å². The lowest BCUT2D eigenvalue weighted by molar-refractivity contribution is -0.119. The maximum absolute atomic E-state index is 12.1. The Morgan fingerprint density at radius 1 is 1.20 bits per heavy atom. The van der Waals surface area contributed by atoms with Gasteiger partial charge in [0.25, 0.3) is 11.8 Å². The van der Waals surface area contributed by atoms with Gasteiger partial charge in [0.1, 0.15) is 11.3 Å². The Labute approximate surface area is 144 Å². The number of carbonyl (C=O) groups excluding carboxylic acids is 3. The largest absolute Gasteiger partial charge is 0.452 e. The normalized spacial score (nSPS) is 10.2. The van der Waals surface area contributed by atoms with Crippen molar-refractivity contribution in [2.75, 3.05) is 19.0 Å². The number of hydrogen-bond acceptors (Lipinski definition) is 6. The van der Waals surface area contributed by atoms with E-state index in [-0.39, 0.29) is 11.5 Å². The fourth-order valence-corrected chi connectivity index (χ4v) is 2.17. The number of aromatic nitrogens is 1. The van der Waals surface area contributed by atoms with Crippen LogP contribution in [0.5, 0.6) is 0 Å². The van der Waals surface area contributed by atoms with E-state index in [1.807, 2.05) is 6.92 Å². The molecule has 0 spiro atoms.